The smallest absolute Gasteiger partial charge is 0.347 e. The highest BCUT2D eigenvalue weighted by atomic mass is 16.5. The standard InChI is InChI=1S/C26H22O6/c1-4-30-21-11-7-5-9-17(21)15-23-24(27)19-13-14-20(16(2)25(19)31-23)32-26(28)18-10-6-8-12-22(18)29-3/h5-15H,4H2,1-3H3/b23-15-. The van der Waals surface area contributed by atoms with Crippen LogP contribution in [0, 0.1) is 6.92 Å². The van der Waals surface area contributed by atoms with Gasteiger partial charge in [-0.05, 0) is 50.3 Å². The van der Waals surface area contributed by atoms with Crippen LogP contribution in [0.4, 0.5) is 0 Å². The number of para-hydroxylation sites is 2. The molecule has 1 heterocycles. The number of ether oxygens (including phenoxy) is 4. The van der Waals surface area contributed by atoms with Crippen molar-refractivity contribution in [2.45, 2.75) is 13.8 Å². The van der Waals surface area contributed by atoms with Crippen molar-refractivity contribution in [1.82, 2.24) is 0 Å². The number of Topliss-reactive ketones (excluding diaryl/α,β-unsaturated/α-hetero) is 1. The Hall–Kier alpha value is -4.06. The third-order valence-corrected chi connectivity index (χ3v) is 5.07. The van der Waals surface area contributed by atoms with Crippen molar-refractivity contribution in [3.63, 3.8) is 0 Å². The van der Waals surface area contributed by atoms with Crippen molar-refractivity contribution in [1.29, 1.82) is 0 Å². The molecule has 0 amide bonds. The fourth-order valence-corrected chi connectivity index (χ4v) is 3.47. The van der Waals surface area contributed by atoms with Gasteiger partial charge in [0.1, 0.15) is 28.6 Å². The van der Waals surface area contributed by atoms with Gasteiger partial charge in [0, 0.05) is 11.1 Å². The first-order chi connectivity index (χ1) is 15.5. The average Bonchev–Trinajstić information content (AvgIpc) is 3.13. The number of carbonyl (C=O) groups excluding carboxylic acids is 2. The van der Waals surface area contributed by atoms with Crippen LogP contribution in [-0.2, 0) is 0 Å². The number of methoxy groups -OCH3 is 1. The Morgan fingerprint density at radius 3 is 2.44 bits per heavy atom. The third kappa shape index (κ3) is 3.95. The van der Waals surface area contributed by atoms with E-state index in [-0.39, 0.29) is 11.5 Å². The van der Waals surface area contributed by atoms with Crippen LogP contribution < -0.4 is 18.9 Å². The summed E-state index contributed by atoms with van der Waals surface area (Å²) in [6.45, 7) is 4.15. The van der Waals surface area contributed by atoms with Crippen molar-refractivity contribution >= 4 is 17.8 Å². The summed E-state index contributed by atoms with van der Waals surface area (Å²) in [4.78, 5) is 25.6. The first-order valence-electron chi connectivity index (χ1n) is 10.2. The van der Waals surface area contributed by atoms with Crippen LogP contribution in [0.3, 0.4) is 0 Å². The molecule has 162 valence electrons. The maximum atomic E-state index is 12.9. The van der Waals surface area contributed by atoms with E-state index in [0.717, 1.165) is 5.56 Å². The molecule has 0 fully saturated rings. The summed E-state index contributed by atoms with van der Waals surface area (Å²) in [5, 5.41) is 0. The molecule has 4 rings (SSSR count). The second-order valence-electron chi connectivity index (χ2n) is 7.07. The van der Waals surface area contributed by atoms with Crippen LogP contribution in [0.5, 0.6) is 23.0 Å². The lowest BCUT2D eigenvalue weighted by molar-refractivity contribution is 0.0729. The molecule has 0 spiro atoms. The van der Waals surface area contributed by atoms with E-state index in [2.05, 4.69) is 0 Å². The zero-order chi connectivity index (χ0) is 22.7. The Morgan fingerprint density at radius 1 is 0.969 bits per heavy atom. The molecule has 1 aliphatic rings. The molecule has 0 unspecified atom stereocenters. The molecule has 0 saturated heterocycles. The van der Waals surface area contributed by atoms with Gasteiger partial charge in [0.15, 0.2) is 5.76 Å². The number of benzene rings is 3. The summed E-state index contributed by atoms with van der Waals surface area (Å²) in [5.41, 5.74) is 2.02. The predicted octanol–water partition coefficient (Wildman–Crippen LogP) is 5.24. The van der Waals surface area contributed by atoms with Gasteiger partial charge in [0.05, 0.1) is 19.3 Å². The van der Waals surface area contributed by atoms with Crippen molar-refractivity contribution in [3.8, 4) is 23.0 Å². The zero-order valence-electron chi connectivity index (χ0n) is 18.0. The van der Waals surface area contributed by atoms with Crippen LogP contribution in [0.2, 0.25) is 0 Å². The van der Waals surface area contributed by atoms with Crippen molar-refractivity contribution in [3.05, 3.63) is 88.7 Å². The van der Waals surface area contributed by atoms with E-state index in [4.69, 9.17) is 18.9 Å². The number of fused-ring (bicyclic) bond motifs is 1. The van der Waals surface area contributed by atoms with Gasteiger partial charge in [-0.25, -0.2) is 4.79 Å². The largest absolute Gasteiger partial charge is 0.496 e. The average molecular weight is 430 g/mol. The minimum Gasteiger partial charge on any atom is -0.496 e. The Balaban J connectivity index is 1.63. The monoisotopic (exact) mass is 430 g/mol. The molecule has 0 aromatic heterocycles. The van der Waals surface area contributed by atoms with Crippen molar-refractivity contribution in [2.75, 3.05) is 13.7 Å². The normalized spacial score (nSPS) is 13.5. The molecule has 6 nitrogen and oxygen atoms in total. The van der Waals surface area contributed by atoms with Gasteiger partial charge in [-0.15, -0.1) is 0 Å². The van der Waals surface area contributed by atoms with Gasteiger partial charge in [-0.2, -0.15) is 0 Å². The van der Waals surface area contributed by atoms with Gasteiger partial charge in [-0.3, -0.25) is 4.79 Å². The second-order valence-corrected chi connectivity index (χ2v) is 7.07. The van der Waals surface area contributed by atoms with E-state index in [0.29, 0.717) is 46.3 Å². The second kappa shape index (κ2) is 8.98. The Kier molecular flexibility index (Phi) is 5.94. The lowest BCUT2D eigenvalue weighted by atomic mass is 10.1. The highest BCUT2D eigenvalue weighted by Gasteiger charge is 2.31. The molecule has 0 atom stereocenters. The lowest BCUT2D eigenvalue weighted by Crippen LogP contribution is -2.11. The third-order valence-electron chi connectivity index (χ3n) is 5.07. The van der Waals surface area contributed by atoms with Gasteiger partial charge in [-0.1, -0.05) is 30.3 Å². The van der Waals surface area contributed by atoms with Crippen LogP contribution in [0.1, 0.15) is 38.8 Å². The van der Waals surface area contributed by atoms with E-state index in [1.807, 2.05) is 31.2 Å². The summed E-state index contributed by atoms with van der Waals surface area (Å²) in [6, 6.07) is 17.4. The molecule has 32 heavy (non-hydrogen) atoms. The molecule has 0 N–H and O–H groups in total. The SMILES string of the molecule is CCOc1ccccc1/C=C1\Oc2c(ccc(OC(=O)c3ccccc3OC)c2C)C1=O. The van der Waals surface area contributed by atoms with Crippen LogP contribution >= 0.6 is 0 Å². The lowest BCUT2D eigenvalue weighted by Gasteiger charge is -2.11. The van der Waals surface area contributed by atoms with Crippen molar-refractivity contribution in [2.24, 2.45) is 0 Å². The fraction of sp³-hybridized carbons (Fsp3) is 0.154. The number of ketones is 1. The molecular weight excluding hydrogens is 408 g/mol. The minimum atomic E-state index is -0.559. The molecule has 6 heteroatoms. The Morgan fingerprint density at radius 2 is 1.69 bits per heavy atom. The number of allylic oxidation sites excluding steroid dienone is 1. The number of carbonyl (C=O) groups is 2. The van der Waals surface area contributed by atoms with Crippen LogP contribution in [0.25, 0.3) is 6.08 Å². The highest BCUT2D eigenvalue weighted by molar-refractivity contribution is 6.15. The minimum absolute atomic E-state index is 0.184. The zero-order valence-corrected chi connectivity index (χ0v) is 18.0. The molecule has 0 saturated carbocycles. The highest BCUT2D eigenvalue weighted by Crippen LogP contribution is 2.40. The Labute approximate surface area is 186 Å². The number of hydrogen-bond acceptors (Lipinski definition) is 6. The van der Waals surface area contributed by atoms with E-state index >= 15 is 0 Å². The molecule has 0 radical (unpaired) electrons. The van der Waals surface area contributed by atoms with E-state index in [1.54, 1.807) is 49.4 Å². The number of rotatable bonds is 6. The summed E-state index contributed by atoms with van der Waals surface area (Å²) in [6.07, 6.45) is 1.66. The number of hydrogen-bond donors (Lipinski definition) is 0. The summed E-state index contributed by atoms with van der Waals surface area (Å²) < 4.78 is 22.3. The Bertz CT molecular complexity index is 1220. The van der Waals surface area contributed by atoms with Gasteiger partial charge < -0.3 is 18.9 Å². The van der Waals surface area contributed by atoms with E-state index in [9.17, 15) is 9.59 Å². The topological polar surface area (TPSA) is 71.1 Å². The van der Waals surface area contributed by atoms with E-state index < -0.39 is 5.97 Å². The van der Waals surface area contributed by atoms with Crippen LogP contribution in [-0.4, -0.2) is 25.5 Å². The molecule has 0 bridgehead atoms. The first-order valence-corrected chi connectivity index (χ1v) is 10.2. The quantitative estimate of drug-likeness (QED) is 0.303. The van der Waals surface area contributed by atoms with Gasteiger partial charge >= 0.3 is 5.97 Å². The van der Waals surface area contributed by atoms with Gasteiger partial charge in [0.2, 0.25) is 5.78 Å². The summed E-state index contributed by atoms with van der Waals surface area (Å²) >= 11 is 0. The summed E-state index contributed by atoms with van der Waals surface area (Å²) in [7, 11) is 1.49. The molecule has 3 aromatic carbocycles. The molecule has 0 aliphatic carbocycles. The number of esters is 1. The molecule has 1 aliphatic heterocycles. The predicted molar refractivity (Wildman–Crippen MR) is 120 cm³/mol. The maximum Gasteiger partial charge on any atom is 0.347 e. The molecule has 3 aromatic rings. The van der Waals surface area contributed by atoms with Crippen LogP contribution in [0.15, 0.2) is 66.4 Å². The maximum absolute atomic E-state index is 12.9. The fourth-order valence-electron chi connectivity index (χ4n) is 3.47. The molecular formula is C26H22O6. The van der Waals surface area contributed by atoms with Crippen molar-refractivity contribution < 1.29 is 28.5 Å². The van der Waals surface area contributed by atoms with Gasteiger partial charge in [0.25, 0.3) is 0 Å². The van der Waals surface area contributed by atoms with E-state index in [1.165, 1.54) is 7.11 Å². The first kappa shape index (κ1) is 21.2. The summed E-state index contributed by atoms with van der Waals surface area (Å²) in [5.74, 6) is 1.15.